The molecule has 0 aliphatic heterocycles. The van der Waals surface area contributed by atoms with Crippen LogP contribution in [-0.2, 0) is 13.5 Å². The Morgan fingerprint density at radius 2 is 2.28 bits per heavy atom. The monoisotopic (exact) mass is 265 g/mol. The van der Waals surface area contributed by atoms with Gasteiger partial charge in [-0.3, -0.25) is 14.5 Å². The summed E-state index contributed by atoms with van der Waals surface area (Å²) in [5.41, 5.74) is 1.33. The number of rotatable bonds is 3. The molecule has 2 aromatic heterocycles. The molecular formula is C11H12ClN5O. The maximum atomic E-state index is 12.0. The first-order valence-electron chi connectivity index (χ1n) is 5.42. The summed E-state index contributed by atoms with van der Waals surface area (Å²) in [5.74, 6) is 0.0213. The number of amides is 1. The fourth-order valence-electron chi connectivity index (χ4n) is 1.49. The van der Waals surface area contributed by atoms with Gasteiger partial charge in [0.2, 0.25) is 0 Å². The van der Waals surface area contributed by atoms with Crippen LogP contribution in [0.4, 0.5) is 5.82 Å². The van der Waals surface area contributed by atoms with Crippen molar-refractivity contribution in [2.24, 2.45) is 7.05 Å². The van der Waals surface area contributed by atoms with Crippen LogP contribution in [0.3, 0.4) is 0 Å². The number of halogens is 1. The first kappa shape index (κ1) is 12.5. The zero-order valence-electron chi connectivity index (χ0n) is 10.0. The van der Waals surface area contributed by atoms with Gasteiger partial charge in [-0.15, -0.1) is 0 Å². The van der Waals surface area contributed by atoms with Gasteiger partial charge in [-0.1, -0.05) is 18.5 Å². The SMILES string of the molecule is CCc1cc(C(=O)Nc2cncc(Cl)n2)n(C)n1. The smallest absolute Gasteiger partial charge is 0.275 e. The zero-order chi connectivity index (χ0) is 13.1. The van der Waals surface area contributed by atoms with E-state index in [2.05, 4.69) is 20.4 Å². The molecule has 94 valence electrons. The average Bonchev–Trinajstić information content (AvgIpc) is 2.70. The maximum absolute atomic E-state index is 12.0. The topological polar surface area (TPSA) is 72.7 Å². The molecule has 0 saturated heterocycles. The second-order valence-electron chi connectivity index (χ2n) is 3.68. The molecule has 1 N–H and O–H groups in total. The fourth-order valence-corrected chi connectivity index (χ4v) is 1.64. The van der Waals surface area contributed by atoms with Gasteiger partial charge in [-0.25, -0.2) is 4.98 Å². The molecule has 2 aromatic rings. The van der Waals surface area contributed by atoms with E-state index >= 15 is 0 Å². The Kier molecular flexibility index (Phi) is 3.57. The Labute approximate surface area is 109 Å². The Hall–Kier alpha value is -1.95. The molecule has 0 aromatic carbocycles. The van der Waals surface area contributed by atoms with Crippen molar-refractivity contribution >= 4 is 23.3 Å². The molecule has 0 spiro atoms. The third-order valence-electron chi connectivity index (χ3n) is 2.37. The summed E-state index contributed by atoms with van der Waals surface area (Å²) in [6.45, 7) is 1.98. The molecular weight excluding hydrogens is 254 g/mol. The number of aromatic nitrogens is 4. The van der Waals surface area contributed by atoms with E-state index < -0.39 is 0 Å². The number of hydrogen-bond donors (Lipinski definition) is 1. The molecule has 2 heterocycles. The summed E-state index contributed by atoms with van der Waals surface area (Å²) in [6.07, 6.45) is 3.61. The number of anilines is 1. The number of hydrogen-bond acceptors (Lipinski definition) is 4. The van der Waals surface area contributed by atoms with E-state index in [9.17, 15) is 4.79 Å². The van der Waals surface area contributed by atoms with E-state index in [-0.39, 0.29) is 11.1 Å². The zero-order valence-corrected chi connectivity index (χ0v) is 10.8. The number of aryl methyl sites for hydroxylation is 2. The summed E-state index contributed by atoms with van der Waals surface area (Å²) in [7, 11) is 1.72. The van der Waals surface area contributed by atoms with Crippen molar-refractivity contribution in [3.05, 3.63) is 35.0 Å². The molecule has 0 fully saturated rings. The van der Waals surface area contributed by atoms with Crippen LogP contribution < -0.4 is 5.32 Å². The van der Waals surface area contributed by atoms with Crippen LogP contribution in [0.1, 0.15) is 23.1 Å². The van der Waals surface area contributed by atoms with Gasteiger partial charge in [0.25, 0.3) is 5.91 Å². The lowest BCUT2D eigenvalue weighted by Crippen LogP contribution is -2.16. The van der Waals surface area contributed by atoms with Crippen LogP contribution in [-0.4, -0.2) is 25.7 Å². The van der Waals surface area contributed by atoms with Crippen molar-refractivity contribution in [3.8, 4) is 0 Å². The maximum Gasteiger partial charge on any atom is 0.275 e. The Morgan fingerprint density at radius 3 is 2.89 bits per heavy atom. The molecule has 0 atom stereocenters. The van der Waals surface area contributed by atoms with Crippen molar-refractivity contribution in [1.82, 2.24) is 19.7 Å². The summed E-state index contributed by atoms with van der Waals surface area (Å²) < 4.78 is 1.53. The van der Waals surface area contributed by atoms with Crippen LogP contribution in [0.25, 0.3) is 0 Å². The normalized spacial score (nSPS) is 10.4. The van der Waals surface area contributed by atoms with Gasteiger partial charge in [-0.2, -0.15) is 5.10 Å². The van der Waals surface area contributed by atoms with E-state index in [0.29, 0.717) is 11.5 Å². The third kappa shape index (κ3) is 2.65. The van der Waals surface area contributed by atoms with Crippen LogP contribution >= 0.6 is 11.6 Å². The van der Waals surface area contributed by atoms with Crippen LogP contribution in [0.5, 0.6) is 0 Å². The van der Waals surface area contributed by atoms with Crippen molar-refractivity contribution in [2.45, 2.75) is 13.3 Å². The molecule has 0 aliphatic rings. The van der Waals surface area contributed by atoms with Crippen molar-refractivity contribution in [1.29, 1.82) is 0 Å². The van der Waals surface area contributed by atoms with Crippen molar-refractivity contribution in [2.75, 3.05) is 5.32 Å². The summed E-state index contributed by atoms with van der Waals surface area (Å²) >= 11 is 5.69. The first-order chi connectivity index (χ1) is 8.60. The number of carbonyl (C=O) groups is 1. The minimum atomic E-state index is -0.290. The highest BCUT2D eigenvalue weighted by Crippen LogP contribution is 2.10. The van der Waals surface area contributed by atoms with E-state index in [4.69, 9.17) is 11.6 Å². The van der Waals surface area contributed by atoms with E-state index in [0.717, 1.165) is 12.1 Å². The van der Waals surface area contributed by atoms with Crippen molar-refractivity contribution in [3.63, 3.8) is 0 Å². The Balaban J connectivity index is 2.19. The molecule has 6 nitrogen and oxygen atoms in total. The number of nitrogens with zero attached hydrogens (tertiary/aromatic N) is 4. The van der Waals surface area contributed by atoms with E-state index in [1.165, 1.54) is 17.1 Å². The van der Waals surface area contributed by atoms with E-state index in [1.807, 2.05) is 6.92 Å². The van der Waals surface area contributed by atoms with Gasteiger partial charge in [-0.05, 0) is 12.5 Å². The van der Waals surface area contributed by atoms with Gasteiger partial charge in [0.15, 0.2) is 5.82 Å². The summed E-state index contributed by atoms with van der Waals surface area (Å²) in [5, 5.41) is 7.05. The lowest BCUT2D eigenvalue weighted by Gasteiger charge is -2.03. The van der Waals surface area contributed by atoms with Crippen LogP contribution in [0.2, 0.25) is 5.15 Å². The third-order valence-corrected chi connectivity index (χ3v) is 2.55. The predicted molar refractivity (Wildman–Crippen MR) is 67.6 cm³/mol. The molecule has 0 radical (unpaired) electrons. The lowest BCUT2D eigenvalue weighted by molar-refractivity contribution is 0.101. The quantitative estimate of drug-likeness (QED) is 0.916. The minimum Gasteiger partial charge on any atom is -0.304 e. The fraction of sp³-hybridized carbons (Fsp3) is 0.273. The molecule has 1 amide bonds. The van der Waals surface area contributed by atoms with Gasteiger partial charge in [0.1, 0.15) is 10.8 Å². The van der Waals surface area contributed by atoms with E-state index in [1.54, 1.807) is 13.1 Å². The number of carbonyl (C=O) groups excluding carboxylic acids is 1. The lowest BCUT2D eigenvalue weighted by atomic mass is 10.3. The van der Waals surface area contributed by atoms with Gasteiger partial charge in [0.05, 0.1) is 18.1 Å². The molecule has 2 rings (SSSR count). The Bertz CT molecular complexity index is 581. The summed E-state index contributed by atoms with van der Waals surface area (Å²) in [6, 6.07) is 1.74. The van der Waals surface area contributed by atoms with Crippen LogP contribution in [0.15, 0.2) is 18.5 Å². The minimum absolute atomic E-state index is 0.229. The highest BCUT2D eigenvalue weighted by molar-refractivity contribution is 6.29. The first-order valence-corrected chi connectivity index (χ1v) is 5.79. The highest BCUT2D eigenvalue weighted by atomic mass is 35.5. The summed E-state index contributed by atoms with van der Waals surface area (Å²) in [4.78, 5) is 19.8. The predicted octanol–water partition coefficient (Wildman–Crippen LogP) is 1.68. The Morgan fingerprint density at radius 1 is 1.50 bits per heavy atom. The molecule has 7 heteroatoms. The van der Waals surface area contributed by atoms with Crippen LogP contribution in [0, 0.1) is 0 Å². The van der Waals surface area contributed by atoms with Gasteiger partial charge < -0.3 is 5.32 Å². The van der Waals surface area contributed by atoms with Gasteiger partial charge in [0, 0.05) is 7.05 Å². The molecule has 0 unspecified atom stereocenters. The second kappa shape index (κ2) is 5.14. The molecule has 0 aliphatic carbocycles. The second-order valence-corrected chi connectivity index (χ2v) is 4.07. The average molecular weight is 266 g/mol. The molecule has 0 saturated carbocycles. The molecule has 0 bridgehead atoms. The van der Waals surface area contributed by atoms with Gasteiger partial charge >= 0.3 is 0 Å². The highest BCUT2D eigenvalue weighted by Gasteiger charge is 2.13. The molecule has 18 heavy (non-hydrogen) atoms. The van der Waals surface area contributed by atoms with Crippen molar-refractivity contribution < 1.29 is 4.79 Å². The number of nitrogens with one attached hydrogen (secondary N) is 1. The largest absolute Gasteiger partial charge is 0.304 e. The standard InChI is InChI=1S/C11H12ClN5O/c1-3-7-4-8(17(2)16-7)11(18)15-10-6-13-5-9(12)14-10/h4-6H,3H2,1-2H3,(H,14,15,18).